The number of carbonyl (C=O) groups is 2. The Balaban J connectivity index is 1.42. The Morgan fingerprint density at radius 1 is 1.03 bits per heavy atom. The average Bonchev–Trinajstić information content (AvgIpc) is 2.91. The second-order valence-corrected chi connectivity index (χ2v) is 8.60. The van der Waals surface area contributed by atoms with E-state index in [0.717, 1.165) is 37.5 Å². The molecule has 7 nitrogen and oxygen atoms in total. The van der Waals surface area contributed by atoms with E-state index in [-0.39, 0.29) is 23.7 Å². The molecule has 0 aliphatic carbocycles. The Morgan fingerprint density at radius 3 is 2.52 bits per heavy atom. The molecule has 2 heterocycles. The fraction of sp³-hybridized carbons (Fsp3) is 0.545. The zero-order chi connectivity index (χ0) is 20.9. The second-order valence-electron chi connectivity index (χ2n) is 8.60. The van der Waals surface area contributed by atoms with Crippen LogP contribution < -0.4 is 10.6 Å². The van der Waals surface area contributed by atoms with Gasteiger partial charge in [-0.2, -0.15) is 0 Å². The molecule has 0 bridgehead atoms. The molecule has 0 spiro atoms. The number of hydrogen-bond donors (Lipinski definition) is 2. The van der Waals surface area contributed by atoms with Crippen molar-refractivity contribution in [1.82, 2.24) is 25.4 Å². The largest absolute Gasteiger partial charge is 0.352 e. The molecule has 1 aliphatic heterocycles. The van der Waals surface area contributed by atoms with E-state index in [2.05, 4.69) is 46.2 Å². The van der Waals surface area contributed by atoms with Gasteiger partial charge in [-0.1, -0.05) is 39.3 Å². The van der Waals surface area contributed by atoms with E-state index in [0.29, 0.717) is 18.7 Å². The highest BCUT2D eigenvalue weighted by Gasteiger charge is 2.16. The maximum absolute atomic E-state index is 12.3. The van der Waals surface area contributed by atoms with Crippen LogP contribution in [0.2, 0.25) is 0 Å². The first-order valence-electron chi connectivity index (χ1n) is 10.4. The van der Waals surface area contributed by atoms with Crippen LogP contribution in [0.5, 0.6) is 0 Å². The third-order valence-corrected chi connectivity index (χ3v) is 5.28. The summed E-state index contributed by atoms with van der Waals surface area (Å²) < 4.78 is 2.12. The number of nitrogens with one attached hydrogen (secondary N) is 2. The zero-order valence-electron chi connectivity index (χ0n) is 17.6. The first-order chi connectivity index (χ1) is 13.8. The first kappa shape index (κ1) is 21.0. The van der Waals surface area contributed by atoms with Crippen LogP contribution in [0.4, 0.5) is 0 Å². The van der Waals surface area contributed by atoms with E-state index in [1.807, 2.05) is 24.3 Å². The van der Waals surface area contributed by atoms with Gasteiger partial charge in [-0.25, -0.2) is 0 Å². The number of aromatic nitrogens is 3. The van der Waals surface area contributed by atoms with Crippen LogP contribution in [0, 0.1) is 0 Å². The smallest absolute Gasteiger partial charge is 0.251 e. The van der Waals surface area contributed by atoms with Gasteiger partial charge in [0.1, 0.15) is 5.82 Å². The molecule has 0 fully saturated rings. The van der Waals surface area contributed by atoms with Gasteiger partial charge in [0.05, 0.1) is 6.54 Å². The minimum absolute atomic E-state index is 0.0514. The SMILES string of the molecule is CC(C)(C)c1ccc(C(=O)NCCC(=O)NCc2nnc3n2CCCCC3)cc1. The summed E-state index contributed by atoms with van der Waals surface area (Å²) in [6, 6.07) is 7.60. The quantitative estimate of drug-likeness (QED) is 0.784. The van der Waals surface area contributed by atoms with Gasteiger partial charge in [0.2, 0.25) is 5.91 Å². The van der Waals surface area contributed by atoms with Gasteiger partial charge < -0.3 is 15.2 Å². The molecular weight excluding hydrogens is 366 g/mol. The van der Waals surface area contributed by atoms with Gasteiger partial charge in [0, 0.05) is 31.5 Å². The van der Waals surface area contributed by atoms with Gasteiger partial charge in [-0.15, -0.1) is 10.2 Å². The molecule has 7 heteroatoms. The minimum Gasteiger partial charge on any atom is -0.352 e. The second kappa shape index (κ2) is 9.20. The summed E-state index contributed by atoms with van der Waals surface area (Å²) in [6.45, 7) is 7.99. The number of carbonyl (C=O) groups excluding carboxylic acids is 2. The molecule has 3 rings (SSSR count). The molecule has 29 heavy (non-hydrogen) atoms. The number of nitrogens with zero attached hydrogens (tertiary/aromatic N) is 3. The lowest BCUT2D eigenvalue weighted by atomic mass is 9.87. The summed E-state index contributed by atoms with van der Waals surface area (Å²) >= 11 is 0. The van der Waals surface area contributed by atoms with E-state index >= 15 is 0 Å². The predicted molar refractivity (Wildman–Crippen MR) is 112 cm³/mol. The van der Waals surface area contributed by atoms with E-state index in [9.17, 15) is 9.59 Å². The summed E-state index contributed by atoms with van der Waals surface area (Å²) in [7, 11) is 0. The number of amides is 2. The summed E-state index contributed by atoms with van der Waals surface area (Å²) in [4.78, 5) is 24.4. The van der Waals surface area contributed by atoms with E-state index < -0.39 is 0 Å². The summed E-state index contributed by atoms with van der Waals surface area (Å²) in [6.07, 6.45) is 4.64. The first-order valence-corrected chi connectivity index (χ1v) is 10.4. The number of fused-ring (bicyclic) bond motifs is 1. The molecule has 1 aliphatic rings. The van der Waals surface area contributed by atoms with Crippen LogP contribution in [-0.4, -0.2) is 33.1 Å². The Morgan fingerprint density at radius 2 is 1.79 bits per heavy atom. The molecule has 2 N–H and O–H groups in total. The summed E-state index contributed by atoms with van der Waals surface area (Å²) in [5.41, 5.74) is 1.83. The van der Waals surface area contributed by atoms with Crippen molar-refractivity contribution in [3.8, 4) is 0 Å². The van der Waals surface area contributed by atoms with Gasteiger partial charge in [-0.3, -0.25) is 9.59 Å². The van der Waals surface area contributed by atoms with E-state index in [4.69, 9.17) is 0 Å². The van der Waals surface area contributed by atoms with Crippen LogP contribution in [0.1, 0.15) is 74.0 Å². The highest BCUT2D eigenvalue weighted by Crippen LogP contribution is 2.22. The summed E-state index contributed by atoms with van der Waals surface area (Å²) in [5.74, 6) is 1.54. The van der Waals surface area contributed by atoms with Crippen molar-refractivity contribution in [2.45, 2.75) is 71.4 Å². The van der Waals surface area contributed by atoms with Crippen LogP contribution in [0.25, 0.3) is 0 Å². The van der Waals surface area contributed by atoms with Crippen molar-refractivity contribution in [1.29, 1.82) is 0 Å². The maximum Gasteiger partial charge on any atom is 0.251 e. The third kappa shape index (κ3) is 5.65. The normalized spacial score (nSPS) is 14.0. The molecule has 1 aromatic carbocycles. The minimum atomic E-state index is -0.166. The number of benzene rings is 1. The molecule has 0 saturated carbocycles. The van der Waals surface area contributed by atoms with Crippen LogP contribution in [0.3, 0.4) is 0 Å². The van der Waals surface area contributed by atoms with E-state index in [1.165, 1.54) is 12.0 Å². The summed E-state index contributed by atoms with van der Waals surface area (Å²) in [5, 5.41) is 14.1. The molecule has 156 valence electrons. The molecule has 0 atom stereocenters. The molecule has 2 aromatic rings. The lowest BCUT2D eigenvalue weighted by Crippen LogP contribution is -2.31. The standard InChI is InChI=1S/C22H31N5O2/c1-22(2,3)17-10-8-16(9-11-17)21(29)23-13-12-20(28)24-15-19-26-25-18-7-5-4-6-14-27(18)19/h8-11H,4-7,12-15H2,1-3H3,(H,23,29)(H,24,28). The molecule has 0 radical (unpaired) electrons. The van der Waals surface area contributed by atoms with Crippen molar-refractivity contribution in [2.75, 3.05) is 6.54 Å². The number of rotatable bonds is 6. The van der Waals surface area contributed by atoms with E-state index in [1.54, 1.807) is 0 Å². The lowest BCUT2D eigenvalue weighted by Gasteiger charge is -2.19. The molecule has 0 unspecified atom stereocenters. The van der Waals surface area contributed by atoms with Crippen molar-refractivity contribution in [3.63, 3.8) is 0 Å². The maximum atomic E-state index is 12.3. The average molecular weight is 398 g/mol. The van der Waals surface area contributed by atoms with Crippen molar-refractivity contribution in [3.05, 3.63) is 47.0 Å². The fourth-order valence-electron chi connectivity index (χ4n) is 3.46. The Labute approximate surface area is 172 Å². The Bertz CT molecular complexity index is 849. The van der Waals surface area contributed by atoms with Crippen LogP contribution >= 0.6 is 0 Å². The monoisotopic (exact) mass is 397 g/mol. The number of hydrogen-bond acceptors (Lipinski definition) is 4. The fourth-order valence-corrected chi connectivity index (χ4v) is 3.46. The van der Waals surface area contributed by atoms with Crippen LogP contribution in [-0.2, 0) is 29.7 Å². The highest BCUT2D eigenvalue weighted by molar-refractivity contribution is 5.94. The highest BCUT2D eigenvalue weighted by atomic mass is 16.2. The Kier molecular flexibility index (Phi) is 6.67. The van der Waals surface area contributed by atoms with Crippen molar-refractivity contribution < 1.29 is 9.59 Å². The topological polar surface area (TPSA) is 88.9 Å². The van der Waals surface area contributed by atoms with Gasteiger partial charge >= 0.3 is 0 Å². The lowest BCUT2D eigenvalue weighted by molar-refractivity contribution is -0.121. The zero-order valence-corrected chi connectivity index (χ0v) is 17.6. The molecular formula is C22H31N5O2. The van der Waals surface area contributed by atoms with Gasteiger partial charge in [0.25, 0.3) is 5.91 Å². The molecule has 1 aromatic heterocycles. The van der Waals surface area contributed by atoms with Gasteiger partial charge in [0.15, 0.2) is 5.82 Å². The van der Waals surface area contributed by atoms with Crippen molar-refractivity contribution in [2.24, 2.45) is 0 Å². The number of aryl methyl sites for hydroxylation is 1. The van der Waals surface area contributed by atoms with Crippen molar-refractivity contribution >= 4 is 11.8 Å². The Hall–Kier alpha value is -2.70. The predicted octanol–water partition coefficient (Wildman–Crippen LogP) is 2.74. The van der Waals surface area contributed by atoms with Crippen LogP contribution in [0.15, 0.2) is 24.3 Å². The molecule has 2 amide bonds. The molecule has 0 saturated heterocycles. The van der Waals surface area contributed by atoms with Gasteiger partial charge in [-0.05, 0) is 36.0 Å². The third-order valence-electron chi connectivity index (χ3n) is 5.28.